The van der Waals surface area contributed by atoms with Crippen LogP contribution in [0.15, 0.2) is 48.5 Å². The molecule has 2 aromatic carbocycles. The van der Waals surface area contributed by atoms with Crippen LogP contribution in [-0.2, 0) is 38.7 Å². The van der Waals surface area contributed by atoms with Crippen molar-refractivity contribution >= 4 is 51.4 Å². The van der Waals surface area contributed by atoms with Crippen LogP contribution in [-0.4, -0.2) is 99.4 Å². The number of likely N-dealkylation sites (N-methyl/N-ethyl adjacent to an activating group) is 1. The van der Waals surface area contributed by atoms with Crippen LogP contribution in [0.25, 0.3) is 21.9 Å². The molecule has 2 aromatic heterocycles. The second kappa shape index (κ2) is 21.1. The van der Waals surface area contributed by atoms with E-state index in [1.165, 1.54) is 7.05 Å². The fourth-order valence-corrected chi connectivity index (χ4v) is 6.29. The van der Waals surface area contributed by atoms with Crippen molar-refractivity contribution in [2.24, 2.45) is 5.73 Å². The van der Waals surface area contributed by atoms with E-state index >= 15 is 0 Å². The Morgan fingerprint density at radius 2 is 1.42 bits per heavy atom. The standard InChI is InChI=1S/C39H56N10O6/c1-4-6-14-32-48-33-34(26-11-7-8-12-28(26)44-35(33)41)49(32)21-25-17-15-24(16-18-25)20-43-36(52)27(5-2)45-39(55)31(23-51)47-37(53)29(13-9-10-19-40)46-38(54)30(22-50)42-3/h7-8,11-12,15-18,27,29-31,42,50-51H,4-6,9-10,13-14,19-23,40H2,1-3H3,(H2,41,44)(H,43,52)(H,45,55)(H,46,54)(H,47,53). The molecule has 0 aliphatic heterocycles. The molecule has 298 valence electrons. The molecule has 0 fully saturated rings. The maximum absolute atomic E-state index is 13.2. The third kappa shape index (κ3) is 11.2. The molecule has 0 aliphatic rings. The van der Waals surface area contributed by atoms with Crippen molar-refractivity contribution < 1.29 is 29.4 Å². The second-order valence-corrected chi connectivity index (χ2v) is 13.5. The maximum atomic E-state index is 13.2. The number of rotatable bonds is 22. The Hall–Kier alpha value is -5.16. The first-order chi connectivity index (χ1) is 26.6. The molecule has 4 unspecified atom stereocenters. The number of nitrogens with two attached hydrogens (primary N) is 2. The van der Waals surface area contributed by atoms with Crippen molar-refractivity contribution in [3.05, 3.63) is 65.5 Å². The predicted molar refractivity (Wildman–Crippen MR) is 211 cm³/mol. The average Bonchev–Trinajstić information content (AvgIpc) is 3.56. The van der Waals surface area contributed by atoms with Gasteiger partial charge < -0.3 is 52.8 Å². The molecular formula is C39H56N10O6. The number of aromatic nitrogens is 3. The number of nitrogens with zero attached hydrogens (tertiary/aromatic N) is 3. The highest BCUT2D eigenvalue weighted by Crippen LogP contribution is 2.30. The van der Waals surface area contributed by atoms with Crippen LogP contribution in [0.2, 0.25) is 0 Å². The summed E-state index contributed by atoms with van der Waals surface area (Å²) < 4.78 is 2.22. The van der Waals surface area contributed by atoms with Crippen molar-refractivity contribution in [1.82, 2.24) is 41.1 Å². The van der Waals surface area contributed by atoms with Crippen LogP contribution in [0.3, 0.4) is 0 Å². The molecule has 4 aromatic rings. The number of para-hydroxylation sites is 1. The smallest absolute Gasteiger partial charge is 0.245 e. The van der Waals surface area contributed by atoms with E-state index in [2.05, 4.69) is 43.1 Å². The number of aliphatic hydroxyl groups is 2. The summed E-state index contributed by atoms with van der Waals surface area (Å²) in [7, 11) is 1.50. The summed E-state index contributed by atoms with van der Waals surface area (Å²) in [6, 6.07) is 11.5. The van der Waals surface area contributed by atoms with Gasteiger partial charge in [0.05, 0.1) is 24.2 Å². The minimum atomic E-state index is -1.38. The quantitative estimate of drug-likeness (QED) is 0.0506. The molecule has 2 heterocycles. The number of fused-ring (bicyclic) bond motifs is 3. The number of hydrogen-bond donors (Lipinski definition) is 9. The molecule has 4 rings (SSSR count). The lowest BCUT2D eigenvalue weighted by molar-refractivity contribution is -0.135. The van der Waals surface area contributed by atoms with Gasteiger partial charge in [0.2, 0.25) is 23.6 Å². The van der Waals surface area contributed by atoms with E-state index < -0.39 is 61.0 Å². The monoisotopic (exact) mass is 760 g/mol. The van der Waals surface area contributed by atoms with E-state index in [9.17, 15) is 29.4 Å². The van der Waals surface area contributed by atoms with E-state index in [1.807, 2.05) is 48.5 Å². The predicted octanol–water partition coefficient (Wildman–Crippen LogP) is 0.740. The number of anilines is 1. The number of carbonyl (C=O) groups excluding carboxylic acids is 4. The molecule has 4 amide bonds. The summed E-state index contributed by atoms with van der Waals surface area (Å²) in [5.74, 6) is -1.13. The van der Waals surface area contributed by atoms with Crippen LogP contribution in [0, 0.1) is 0 Å². The largest absolute Gasteiger partial charge is 0.394 e. The SMILES string of the molecule is CCCCc1nc2c(N)nc3ccccc3c2n1Cc1ccc(CNC(=O)C(CC)NC(=O)C(CO)NC(=O)C(CCCCN)NC(=O)C(CO)NC)cc1. The fraction of sp³-hybridized carbons (Fsp3) is 0.487. The number of nitrogens with one attached hydrogen (secondary N) is 5. The number of unbranched alkanes of at least 4 members (excludes halogenated alkanes) is 2. The zero-order valence-electron chi connectivity index (χ0n) is 31.9. The molecule has 0 spiro atoms. The van der Waals surface area contributed by atoms with Crippen LogP contribution in [0.5, 0.6) is 0 Å². The van der Waals surface area contributed by atoms with Gasteiger partial charge in [-0.1, -0.05) is 62.7 Å². The minimum absolute atomic E-state index is 0.208. The molecule has 55 heavy (non-hydrogen) atoms. The molecule has 0 bridgehead atoms. The Bertz CT molecular complexity index is 1900. The zero-order chi connectivity index (χ0) is 39.9. The lowest BCUT2D eigenvalue weighted by Crippen LogP contribution is -2.59. The highest BCUT2D eigenvalue weighted by atomic mass is 16.3. The average molecular weight is 761 g/mol. The van der Waals surface area contributed by atoms with Gasteiger partial charge in [-0.2, -0.15) is 0 Å². The lowest BCUT2D eigenvalue weighted by atomic mass is 10.1. The molecule has 0 aliphatic carbocycles. The van der Waals surface area contributed by atoms with E-state index in [-0.39, 0.29) is 19.4 Å². The molecule has 0 saturated carbocycles. The van der Waals surface area contributed by atoms with Crippen LogP contribution in [0.4, 0.5) is 5.82 Å². The van der Waals surface area contributed by atoms with Crippen molar-refractivity contribution in [3.8, 4) is 0 Å². The van der Waals surface area contributed by atoms with Gasteiger partial charge in [0, 0.05) is 24.9 Å². The minimum Gasteiger partial charge on any atom is -0.394 e. The number of aliphatic hydroxyl groups excluding tert-OH is 2. The number of benzene rings is 2. The summed E-state index contributed by atoms with van der Waals surface area (Å²) in [5, 5.41) is 33.6. The molecule has 16 nitrogen and oxygen atoms in total. The molecule has 16 heteroatoms. The maximum Gasteiger partial charge on any atom is 0.245 e. The Labute approximate surface area is 321 Å². The summed E-state index contributed by atoms with van der Waals surface area (Å²) in [6.45, 7) is 3.82. The number of carbonyl (C=O) groups is 4. The van der Waals surface area contributed by atoms with Crippen LogP contribution < -0.4 is 38.1 Å². The summed E-state index contributed by atoms with van der Waals surface area (Å²) in [6.07, 6.45) is 4.41. The van der Waals surface area contributed by atoms with Crippen LogP contribution in [0.1, 0.15) is 69.3 Å². The first-order valence-electron chi connectivity index (χ1n) is 19.0. The highest BCUT2D eigenvalue weighted by Gasteiger charge is 2.30. The van der Waals surface area contributed by atoms with Crippen molar-refractivity contribution in [2.75, 3.05) is 32.5 Å². The van der Waals surface area contributed by atoms with Gasteiger partial charge in [-0.15, -0.1) is 0 Å². The lowest BCUT2D eigenvalue weighted by Gasteiger charge is -2.25. The zero-order valence-corrected chi connectivity index (χ0v) is 31.9. The van der Waals surface area contributed by atoms with Gasteiger partial charge in [0.1, 0.15) is 35.5 Å². The Morgan fingerprint density at radius 1 is 0.782 bits per heavy atom. The molecular weight excluding hydrogens is 704 g/mol. The molecule has 11 N–H and O–H groups in total. The molecule has 0 radical (unpaired) electrons. The Balaban J connectivity index is 1.38. The fourth-order valence-electron chi connectivity index (χ4n) is 6.29. The second-order valence-electron chi connectivity index (χ2n) is 13.5. The number of amides is 4. The van der Waals surface area contributed by atoms with Crippen molar-refractivity contribution in [1.29, 1.82) is 0 Å². The van der Waals surface area contributed by atoms with Gasteiger partial charge in [0.15, 0.2) is 5.82 Å². The van der Waals surface area contributed by atoms with Gasteiger partial charge >= 0.3 is 0 Å². The van der Waals surface area contributed by atoms with E-state index in [4.69, 9.17) is 16.5 Å². The number of pyridine rings is 1. The van der Waals surface area contributed by atoms with Crippen molar-refractivity contribution in [3.63, 3.8) is 0 Å². The van der Waals surface area contributed by atoms with Gasteiger partial charge in [0.25, 0.3) is 0 Å². The van der Waals surface area contributed by atoms with E-state index in [0.717, 1.165) is 52.6 Å². The normalized spacial score (nSPS) is 13.6. The Morgan fingerprint density at radius 3 is 2.07 bits per heavy atom. The van der Waals surface area contributed by atoms with Gasteiger partial charge in [-0.3, -0.25) is 19.2 Å². The number of hydrogen-bond acceptors (Lipinski definition) is 11. The van der Waals surface area contributed by atoms with Crippen LogP contribution >= 0.6 is 0 Å². The summed E-state index contributed by atoms with van der Waals surface area (Å²) in [5.41, 5.74) is 16.3. The van der Waals surface area contributed by atoms with Crippen molar-refractivity contribution in [2.45, 2.75) is 96.1 Å². The number of aryl methyl sites for hydroxylation is 1. The first-order valence-corrected chi connectivity index (χ1v) is 19.0. The van der Waals surface area contributed by atoms with E-state index in [0.29, 0.717) is 37.3 Å². The number of nitrogen functional groups attached to an aromatic ring is 1. The van der Waals surface area contributed by atoms with Gasteiger partial charge in [-0.05, 0) is 62.9 Å². The van der Waals surface area contributed by atoms with Gasteiger partial charge in [-0.25, -0.2) is 9.97 Å². The third-order valence-corrected chi connectivity index (χ3v) is 9.56. The number of imidazole rings is 1. The summed E-state index contributed by atoms with van der Waals surface area (Å²) in [4.78, 5) is 61.6. The topological polar surface area (TPSA) is 252 Å². The van der Waals surface area contributed by atoms with E-state index in [1.54, 1.807) is 6.92 Å². The molecule has 0 saturated heterocycles. The highest BCUT2D eigenvalue weighted by molar-refractivity contribution is 6.06. The summed E-state index contributed by atoms with van der Waals surface area (Å²) >= 11 is 0. The third-order valence-electron chi connectivity index (χ3n) is 9.56. The first kappa shape index (κ1) is 42.6. The Kier molecular flexibility index (Phi) is 16.3. The molecule has 4 atom stereocenters.